The van der Waals surface area contributed by atoms with Gasteiger partial charge in [-0.1, -0.05) is 164 Å². The molecule has 0 unspecified atom stereocenters. The van der Waals surface area contributed by atoms with E-state index in [1.807, 2.05) is 6.07 Å². The second kappa shape index (κ2) is 14.3. The number of rotatable bonds is 7. The van der Waals surface area contributed by atoms with Crippen molar-refractivity contribution in [3.8, 4) is 44.5 Å². The monoisotopic (exact) mass is 779 g/mol. The van der Waals surface area contributed by atoms with E-state index < -0.39 is 0 Å². The van der Waals surface area contributed by atoms with Crippen molar-refractivity contribution < 1.29 is 8.83 Å². The lowest BCUT2D eigenvalue weighted by atomic mass is 9.97. The first-order valence-electron chi connectivity index (χ1n) is 20.7. The molecule has 0 saturated heterocycles. The molecule has 12 rings (SSSR count). The minimum absolute atomic E-state index is 0.830. The number of benzene rings is 10. The SMILES string of the molecule is c1ccc(-c2ccc3c(c2)oc2cccc(N(c4ccc(-c5cccc6ccccc56)cc4)c4ccc(-c5ccccc5)c5oc6cc(-c7ccccc7)ccc6c45)c23)cc1. The largest absolute Gasteiger partial charge is 0.456 e. The third kappa shape index (κ3) is 5.90. The van der Waals surface area contributed by atoms with Crippen molar-refractivity contribution in [2.24, 2.45) is 0 Å². The fraction of sp³-hybridized carbons (Fsp3) is 0. The maximum absolute atomic E-state index is 7.03. The van der Waals surface area contributed by atoms with E-state index in [2.05, 4.69) is 223 Å². The molecule has 0 radical (unpaired) electrons. The van der Waals surface area contributed by atoms with Crippen LogP contribution in [0.3, 0.4) is 0 Å². The third-order valence-electron chi connectivity index (χ3n) is 12.1. The molecule has 0 saturated carbocycles. The Morgan fingerprint density at radius 3 is 1.54 bits per heavy atom. The summed E-state index contributed by atoms with van der Waals surface area (Å²) in [5.41, 5.74) is 15.5. The van der Waals surface area contributed by atoms with E-state index in [1.54, 1.807) is 0 Å². The molecule has 0 aliphatic carbocycles. The predicted molar refractivity (Wildman–Crippen MR) is 255 cm³/mol. The zero-order chi connectivity index (χ0) is 40.3. The first kappa shape index (κ1) is 34.9. The number of furan rings is 2. The van der Waals surface area contributed by atoms with Crippen LogP contribution in [0.15, 0.2) is 233 Å². The van der Waals surface area contributed by atoms with Crippen LogP contribution in [-0.4, -0.2) is 0 Å². The Kier molecular flexibility index (Phi) is 8.17. The van der Waals surface area contributed by atoms with Gasteiger partial charge in [0.05, 0.1) is 22.1 Å². The van der Waals surface area contributed by atoms with E-state index in [-0.39, 0.29) is 0 Å². The lowest BCUT2D eigenvalue weighted by Gasteiger charge is -2.27. The fourth-order valence-electron chi connectivity index (χ4n) is 9.18. The van der Waals surface area contributed by atoms with Crippen molar-refractivity contribution in [2.45, 2.75) is 0 Å². The predicted octanol–water partition coefficient (Wildman–Crippen LogP) is 16.8. The summed E-state index contributed by atoms with van der Waals surface area (Å²) in [4.78, 5) is 2.40. The summed E-state index contributed by atoms with van der Waals surface area (Å²) < 4.78 is 13.8. The van der Waals surface area contributed by atoms with Gasteiger partial charge in [-0.2, -0.15) is 0 Å². The normalized spacial score (nSPS) is 11.6. The van der Waals surface area contributed by atoms with Crippen LogP contribution < -0.4 is 4.90 Å². The molecule has 10 aromatic carbocycles. The molecule has 12 aromatic rings. The minimum atomic E-state index is 0.830. The summed E-state index contributed by atoms with van der Waals surface area (Å²) in [6.45, 7) is 0. The van der Waals surface area contributed by atoms with E-state index in [9.17, 15) is 0 Å². The second-order valence-electron chi connectivity index (χ2n) is 15.6. The van der Waals surface area contributed by atoms with Crippen molar-refractivity contribution in [1.82, 2.24) is 0 Å². The minimum Gasteiger partial charge on any atom is -0.456 e. The zero-order valence-electron chi connectivity index (χ0n) is 33.1. The highest BCUT2D eigenvalue weighted by molar-refractivity contribution is 6.20. The second-order valence-corrected chi connectivity index (χ2v) is 15.6. The van der Waals surface area contributed by atoms with Crippen LogP contribution in [0.2, 0.25) is 0 Å². The van der Waals surface area contributed by atoms with E-state index >= 15 is 0 Å². The van der Waals surface area contributed by atoms with E-state index in [0.29, 0.717) is 0 Å². The number of fused-ring (bicyclic) bond motifs is 7. The number of anilines is 3. The lowest BCUT2D eigenvalue weighted by molar-refractivity contribution is 0.669. The average Bonchev–Trinajstić information content (AvgIpc) is 3.91. The summed E-state index contributed by atoms with van der Waals surface area (Å²) >= 11 is 0. The van der Waals surface area contributed by atoms with Crippen molar-refractivity contribution in [2.75, 3.05) is 4.90 Å². The number of hydrogen-bond donors (Lipinski definition) is 0. The molecule has 0 bridgehead atoms. The quantitative estimate of drug-likeness (QED) is 0.161. The van der Waals surface area contributed by atoms with Gasteiger partial charge in [-0.3, -0.25) is 0 Å². The topological polar surface area (TPSA) is 29.5 Å². The molecular formula is C58H37NO2. The molecule has 61 heavy (non-hydrogen) atoms. The van der Waals surface area contributed by atoms with Gasteiger partial charge in [0, 0.05) is 22.0 Å². The van der Waals surface area contributed by atoms with Crippen molar-refractivity contribution in [3.63, 3.8) is 0 Å². The molecule has 3 heteroatoms. The number of nitrogens with zero attached hydrogens (tertiary/aromatic N) is 1. The molecule has 0 amide bonds. The van der Waals surface area contributed by atoms with Gasteiger partial charge in [-0.15, -0.1) is 0 Å². The van der Waals surface area contributed by atoms with Crippen molar-refractivity contribution in [3.05, 3.63) is 224 Å². The van der Waals surface area contributed by atoms with E-state index in [4.69, 9.17) is 8.83 Å². The standard InChI is InChI=1S/C58H37NO2/c1-4-14-38(15-5-1)43-28-32-49-54(36-43)60-53-25-13-24-51(56(49)53)59(45-30-26-42(27-31-45)47-23-12-21-40-20-10-11-22-46(40)47)52-35-34-48(41-18-8-3-9-19-41)58-57(52)50-33-29-44(37-55(50)61-58)39-16-6-2-7-17-39/h1-37H. The van der Waals surface area contributed by atoms with Gasteiger partial charge in [0.15, 0.2) is 0 Å². The molecule has 2 heterocycles. The van der Waals surface area contributed by atoms with Crippen LogP contribution >= 0.6 is 0 Å². The maximum atomic E-state index is 7.03. The smallest absolute Gasteiger partial charge is 0.145 e. The fourth-order valence-corrected chi connectivity index (χ4v) is 9.18. The van der Waals surface area contributed by atoms with Crippen molar-refractivity contribution >= 4 is 71.7 Å². The average molecular weight is 780 g/mol. The summed E-state index contributed by atoms with van der Waals surface area (Å²) in [5, 5.41) is 6.67. The van der Waals surface area contributed by atoms with Crippen molar-refractivity contribution in [1.29, 1.82) is 0 Å². The molecule has 0 spiro atoms. The van der Waals surface area contributed by atoms with E-state index in [1.165, 1.54) is 16.3 Å². The molecule has 0 fully saturated rings. The Bertz CT molecular complexity index is 3560. The Balaban J connectivity index is 1.12. The molecule has 2 aromatic heterocycles. The van der Waals surface area contributed by atoms with Crippen LogP contribution in [0.25, 0.3) is 99.2 Å². The summed E-state index contributed by atoms with van der Waals surface area (Å²) in [5.74, 6) is 0. The van der Waals surface area contributed by atoms with Gasteiger partial charge < -0.3 is 13.7 Å². The van der Waals surface area contributed by atoms with Crippen LogP contribution in [0.4, 0.5) is 17.1 Å². The Morgan fingerprint density at radius 2 is 0.836 bits per heavy atom. The highest BCUT2D eigenvalue weighted by Gasteiger charge is 2.25. The highest BCUT2D eigenvalue weighted by atomic mass is 16.3. The molecule has 0 N–H and O–H groups in total. The van der Waals surface area contributed by atoms with Gasteiger partial charge in [-0.25, -0.2) is 0 Å². The summed E-state index contributed by atoms with van der Waals surface area (Å²) in [7, 11) is 0. The van der Waals surface area contributed by atoms with Crippen LogP contribution in [0.5, 0.6) is 0 Å². The van der Waals surface area contributed by atoms with Gasteiger partial charge in [0.2, 0.25) is 0 Å². The molecular weight excluding hydrogens is 743 g/mol. The van der Waals surface area contributed by atoms with Gasteiger partial charge in [0.25, 0.3) is 0 Å². The van der Waals surface area contributed by atoms with Crippen LogP contribution in [0.1, 0.15) is 0 Å². The zero-order valence-corrected chi connectivity index (χ0v) is 33.1. The molecule has 0 atom stereocenters. The summed E-state index contributed by atoms with van der Waals surface area (Å²) in [6.07, 6.45) is 0. The van der Waals surface area contributed by atoms with Crippen LogP contribution in [0, 0.1) is 0 Å². The Labute approximate surface area is 353 Å². The van der Waals surface area contributed by atoms with E-state index in [0.717, 1.165) is 99.9 Å². The summed E-state index contributed by atoms with van der Waals surface area (Å²) in [6, 6.07) is 79.7. The van der Waals surface area contributed by atoms with Crippen LogP contribution in [-0.2, 0) is 0 Å². The first-order chi connectivity index (χ1) is 30.2. The molecule has 3 nitrogen and oxygen atoms in total. The maximum Gasteiger partial charge on any atom is 0.145 e. The Morgan fingerprint density at radius 1 is 0.295 bits per heavy atom. The molecule has 0 aliphatic heterocycles. The van der Waals surface area contributed by atoms with Gasteiger partial charge in [-0.05, 0) is 110 Å². The lowest BCUT2D eigenvalue weighted by Crippen LogP contribution is -2.11. The van der Waals surface area contributed by atoms with Gasteiger partial charge >= 0.3 is 0 Å². The molecule has 0 aliphatic rings. The molecule has 286 valence electrons. The number of hydrogen-bond acceptors (Lipinski definition) is 3. The first-order valence-corrected chi connectivity index (χ1v) is 20.7. The third-order valence-corrected chi connectivity index (χ3v) is 12.1. The highest BCUT2D eigenvalue weighted by Crippen LogP contribution is 2.49. The Hall–Kier alpha value is -8.14. The van der Waals surface area contributed by atoms with Gasteiger partial charge in [0.1, 0.15) is 22.3 Å².